The summed E-state index contributed by atoms with van der Waals surface area (Å²) in [5.74, 6) is -0.800. The van der Waals surface area contributed by atoms with Crippen molar-refractivity contribution >= 4 is 0 Å². The minimum Gasteiger partial charge on any atom is -0.458 e. The third-order valence-electron chi connectivity index (χ3n) is 2.82. The lowest BCUT2D eigenvalue weighted by Crippen LogP contribution is -2.40. The minimum absolute atomic E-state index is 0.180. The van der Waals surface area contributed by atoms with Gasteiger partial charge in [0.05, 0.1) is 0 Å². The monoisotopic (exact) mass is 231 g/mol. The van der Waals surface area contributed by atoms with Gasteiger partial charge in [-0.25, -0.2) is 16.0 Å². The topological polar surface area (TPSA) is 18.5 Å². The Morgan fingerprint density at radius 1 is 1.18 bits per heavy atom. The maximum atomic E-state index is 14.6. The average Bonchev–Trinajstić information content (AvgIpc) is 2.25. The number of halogens is 1. The van der Waals surface area contributed by atoms with Crippen molar-refractivity contribution in [2.24, 2.45) is 0 Å². The van der Waals surface area contributed by atoms with Crippen LogP contribution in [-0.2, 0) is 0 Å². The molecule has 0 radical (unpaired) electrons. The predicted molar refractivity (Wildman–Crippen MR) is 62.4 cm³/mol. The second-order valence-electron chi connectivity index (χ2n) is 4.39. The van der Waals surface area contributed by atoms with Crippen LogP contribution >= 0.6 is 0 Å². The Morgan fingerprint density at radius 3 is 2.82 bits per heavy atom. The van der Waals surface area contributed by atoms with E-state index in [1.807, 2.05) is 19.9 Å². The Balaban J connectivity index is 2.07. The van der Waals surface area contributed by atoms with Crippen molar-refractivity contribution in [1.82, 2.24) is 0 Å². The van der Waals surface area contributed by atoms with Gasteiger partial charge in [0, 0.05) is 0 Å². The van der Waals surface area contributed by atoms with Gasteiger partial charge in [-0.1, -0.05) is 19.1 Å². The van der Waals surface area contributed by atoms with Crippen molar-refractivity contribution < 1.29 is 13.9 Å². The lowest BCUT2D eigenvalue weighted by molar-refractivity contribution is -0.0417. The standard InChI is InChI=1S/C14H12FO2/c1-9-3-5-11-12(7-9)17-14(15)8-10(2)4-6-13(14)16-11/h3-8H,1-2H3/q-1. The highest BCUT2D eigenvalue weighted by Gasteiger charge is 2.39. The molecule has 0 spiro atoms. The normalized spacial score (nSPS) is 25.4. The number of fused-ring (bicyclic) bond motifs is 2. The number of hydrogen-bond acceptors (Lipinski definition) is 2. The number of allylic oxidation sites excluding steroid dienone is 2. The first-order chi connectivity index (χ1) is 8.07. The number of hydrogen-bond donors (Lipinski definition) is 0. The molecular weight excluding hydrogens is 219 g/mol. The van der Waals surface area contributed by atoms with E-state index in [9.17, 15) is 4.39 Å². The zero-order valence-corrected chi connectivity index (χ0v) is 9.66. The van der Waals surface area contributed by atoms with Gasteiger partial charge in [-0.3, -0.25) is 0 Å². The fraction of sp³-hybridized carbons (Fsp3) is 0.214. The quantitative estimate of drug-likeness (QED) is 0.636. The van der Waals surface area contributed by atoms with Crippen LogP contribution in [0.5, 0.6) is 11.5 Å². The van der Waals surface area contributed by atoms with Gasteiger partial charge in [-0.2, -0.15) is 0 Å². The highest BCUT2D eigenvalue weighted by molar-refractivity contribution is 5.50. The van der Waals surface area contributed by atoms with Crippen LogP contribution in [-0.4, -0.2) is 5.85 Å². The first-order valence-corrected chi connectivity index (χ1v) is 5.48. The summed E-state index contributed by atoms with van der Waals surface area (Å²) in [5, 5.41) is 0. The number of alkyl halides is 1. The van der Waals surface area contributed by atoms with Gasteiger partial charge < -0.3 is 9.47 Å². The van der Waals surface area contributed by atoms with Gasteiger partial charge in [-0.05, 0) is 24.6 Å². The fourth-order valence-corrected chi connectivity index (χ4v) is 1.97. The van der Waals surface area contributed by atoms with Crippen LogP contribution in [0.1, 0.15) is 12.5 Å². The summed E-state index contributed by atoms with van der Waals surface area (Å²) >= 11 is 0. The van der Waals surface area contributed by atoms with Crippen molar-refractivity contribution in [2.75, 3.05) is 0 Å². The molecule has 0 amide bonds. The molecule has 3 heteroatoms. The maximum absolute atomic E-state index is 14.6. The lowest BCUT2D eigenvalue weighted by atomic mass is 9.99. The Morgan fingerprint density at radius 2 is 2.00 bits per heavy atom. The molecule has 0 fully saturated rings. The summed E-state index contributed by atoms with van der Waals surface area (Å²) in [6, 6.07) is 5.47. The number of rotatable bonds is 0. The first kappa shape index (κ1) is 10.3. The fourth-order valence-electron chi connectivity index (χ4n) is 1.97. The average molecular weight is 231 g/mol. The Hall–Kier alpha value is -1.90. The largest absolute Gasteiger partial charge is 0.458 e. The van der Waals surface area contributed by atoms with E-state index in [-0.39, 0.29) is 5.76 Å². The molecule has 0 N–H and O–H groups in total. The minimum atomic E-state index is -1.97. The van der Waals surface area contributed by atoms with Crippen LogP contribution in [0.25, 0.3) is 0 Å². The third-order valence-corrected chi connectivity index (χ3v) is 2.82. The zero-order chi connectivity index (χ0) is 12.0. The zero-order valence-electron chi connectivity index (χ0n) is 9.66. The second-order valence-corrected chi connectivity index (χ2v) is 4.39. The van der Waals surface area contributed by atoms with Gasteiger partial charge in [0.25, 0.3) is 5.85 Å². The molecule has 1 aromatic carbocycles. The van der Waals surface area contributed by atoms with Gasteiger partial charge in [0.1, 0.15) is 5.76 Å². The van der Waals surface area contributed by atoms with Crippen LogP contribution < -0.4 is 9.47 Å². The van der Waals surface area contributed by atoms with Gasteiger partial charge >= 0.3 is 0 Å². The molecule has 1 aromatic rings. The first-order valence-electron chi connectivity index (χ1n) is 5.48. The Bertz CT molecular complexity index is 545. The van der Waals surface area contributed by atoms with Crippen molar-refractivity contribution in [3.8, 4) is 11.5 Å². The van der Waals surface area contributed by atoms with Crippen LogP contribution in [0.15, 0.2) is 41.7 Å². The smallest absolute Gasteiger partial charge is 0.261 e. The van der Waals surface area contributed by atoms with E-state index >= 15 is 0 Å². The van der Waals surface area contributed by atoms with Crippen LogP contribution in [0.2, 0.25) is 0 Å². The summed E-state index contributed by atoms with van der Waals surface area (Å²) in [6.45, 7) is 3.75. The molecule has 1 heterocycles. The number of ether oxygens (including phenoxy) is 2. The lowest BCUT2D eigenvalue weighted by Gasteiger charge is -2.40. The van der Waals surface area contributed by atoms with E-state index in [0.717, 1.165) is 11.1 Å². The van der Waals surface area contributed by atoms with Crippen LogP contribution in [0.3, 0.4) is 0 Å². The summed E-state index contributed by atoms with van der Waals surface area (Å²) in [6.07, 6.45) is 4.83. The summed E-state index contributed by atoms with van der Waals surface area (Å²) in [5.41, 5.74) is 1.82. The molecule has 88 valence electrons. The molecular formula is C14H12FO2-. The molecule has 1 unspecified atom stereocenters. The molecule has 2 aliphatic rings. The van der Waals surface area contributed by atoms with E-state index in [1.165, 1.54) is 6.42 Å². The molecule has 1 aliphatic carbocycles. The second kappa shape index (κ2) is 3.29. The summed E-state index contributed by atoms with van der Waals surface area (Å²) in [7, 11) is 0. The molecule has 0 bridgehead atoms. The van der Waals surface area contributed by atoms with Gasteiger partial charge in [0.15, 0.2) is 11.5 Å². The highest BCUT2D eigenvalue weighted by Crippen LogP contribution is 2.44. The molecule has 1 atom stereocenters. The SMILES string of the molecule is CC1=CC=C2Oc3ccc(C)cc3OC2(F)[CH-]1. The van der Waals surface area contributed by atoms with E-state index in [1.54, 1.807) is 24.3 Å². The van der Waals surface area contributed by atoms with E-state index in [2.05, 4.69) is 0 Å². The van der Waals surface area contributed by atoms with E-state index in [0.29, 0.717) is 11.5 Å². The molecule has 2 nitrogen and oxygen atoms in total. The Labute approximate surface area is 99.4 Å². The highest BCUT2D eigenvalue weighted by atomic mass is 19.2. The van der Waals surface area contributed by atoms with Crippen LogP contribution in [0.4, 0.5) is 4.39 Å². The Kier molecular flexibility index (Phi) is 1.99. The predicted octanol–water partition coefficient (Wildman–Crippen LogP) is 3.48. The summed E-state index contributed by atoms with van der Waals surface area (Å²) in [4.78, 5) is 0. The maximum Gasteiger partial charge on any atom is 0.261 e. The van der Waals surface area contributed by atoms with Crippen molar-refractivity contribution in [2.45, 2.75) is 19.7 Å². The summed E-state index contributed by atoms with van der Waals surface area (Å²) < 4.78 is 25.5. The molecule has 0 saturated carbocycles. The molecule has 0 aromatic heterocycles. The van der Waals surface area contributed by atoms with Crippen molar-refractivity contribution in [1.29, 1.82) is 0 Å². The van der Waals surface area contributed by atoms with Gasteiger partial charge in [0.2, 0.25) is 0 Å². The van der Waals surface area contributed by atoms with Crippen molar-refractivity contribution in [3.05, 3.63) is 53.7 Å². The van der Waals surface area contributed by atoms with E-state index < -0.39 is 5.85 Å². The molecule has 0 saturated heterocycles. The molecule has 3 rings (SSSR count). The van der Waals surface area contributed by atoms with Crippen LogP contribution in [0, 0.1) is 13.3 Å². The number of benzene rings is 1. The van der Waals surface area contributed by atoms with Crippen molar-refractivity contribution in [3.63, 3.8) is 0 Å². The van der Waals surface area contributed by atoms with E-state index in [4.69, 9.17) is 9.47 Å². The third kappa shape index (κ3) is 1.58. The van der Waals surface area contributed by atoms with Gasteiger partial charge in [-0.15, -0.1) is 6.42 Å². The molecule has 17 heavy (non-hydrogen) atoms. The number of aryl methyl sites for hydroxylation is 1. The molecule has 1 aliphatic heterocycles.